The van der Waals surface area contributed by atoms with Crippen LogP contribution in [0, 0.1) is 20.8 Å². The molecule has 0 spiro atoms. The third-order valence-electron chi connectivity index (χ3n) is 5.96. The first-order valence-electron chi connectivity index (χ1n) is 10.8. The molecule has 5 nitrogen and oxygen atoms in total. The van der Waals surface area contributed by atoms with Gasteiger partial charge in [-0.2, -0.15) is 0 Å². The molecular weight excluding hydrogens is 430 g/mol. The molecule has 2 aromatic heterocycles. The van der Waals surface area contributed by atoms with Crippen molar-refractivity contribution in [1.82, 2.24) is 14.5 Å². The van der Waals surface area contributed by atoms with Crippen LogP contribution in [0.1, 0.15) is 28.1 Å². The molecule has 3 heterocycles. The Hall–Kier alpha value is -3.64. The van der Waals surface area contributed by atoms with Crippen LogP contribution in [-0.2, 0) is 11.3 Å². The fourth-order valence-corrected chi connectivity index (χ4v) is 5.09. The predicted molar refractivity (Wildman–Crippen MR) is 133 cm³/mol. The number of carbonyl (C=O) groups is 2. The molecule has 0 unspecified atom stereocenters. The minimum atomic E-state index is -0.254. The average molecular weight is 454 g/mol. The van der Waals surface area contributed by atoms with Crippen LogP contribution in [0.3, 0.4) is 0 Å². The van der Waals surface area contributed by atoms with Gasteiger partial charge in [-0.25, -0.2) is 4.98 Å². The lowest BCUT2D eigenvalue weighted by molar-refractivity contribution is -0.123. The molecule has 2 amide bonds. The molecule has 6 heteroatoms. The summed E-state index contributed by atoms with van der Waals surface area (Å²) in [4.78, 5) is 32.2. The van der Waals surface area contributed by atoms with Crippen LogP contribution in [0.5, 0.6) is 0 Å². The summed E-state index contributed by atoms with van der Waals surface area (Å²) in [5, 5.41) is 1.90. The van der Waals surface area contributed by atoms with Gasteiger partial charge in [0, 0.05) is 17.6 Å². The zero-order valence-corrected chi connectivity index (χ0v) is 19.5. The van der Waals surface area contributed by atoms with Crippen molar-refractivity contribution in [2.24, 2.45) is 0 Å². The van der Waals surface area contributed by atoms with Crippen molar-refractivity contribution < 1.29 is 9.59 Å². The molecule has 33 heavy (non-hydrogen) atoms. The van der Waals surface area contributed by atoms with Gasteiger partial charge in [0.25, 0.3) is 11.1 Å². The number of thioether (sulfide) groups is 1. The van der Waals surface area contributed by atoms with Crippen LogP contribution in [0.4, 0.5) is 4.79 Å². The lowest BCUT2D eigenvalue weighted by Crippen LogP contribution is -2.27. The summed E-state index contributed by atoms with van der Waals surface area (Å²) < 4.78 is 2.06. The smallest absolute Gasteiger partial charge is 0.293 e. The summed E-state index contributed by atoms with van der Waals surface area (Å²) >= 11 is 0.997. The highest BCUT2D eigenvalue weighted by molar-refractivity contribution is 8.18. The number of nitrogens with zero attached hydrogens (tertiary/aromatic N) is 3. The van der Waals surface area contributed by atoms with E-state index >= 15 is 0 Å². The third-order valence-corrected chi connectivity index (χ3v) is 6.87. The number of rotatable bonds is 4. The van der Waals surface area contributed by atoms with E-state index in [9.17, 15) is 9.59 Å². The van der Waals surface area contributed by atoms with Gasteiger partial charge in [0.2, 0.25) is 0 Å². The highest BCUT2D eigenvalue weighted by atomic mass is 32.2. The Morgan fingerprint density at radius 1 is 0.970 bits per heavy atom. The molecule has 2 aromatic carbocycles. The van der Waals surface area contributed by atoms with Gasteiger partial charge in [-0.15, -0.1) is 0 Å². The Labute approximate surface area is 196 Å². The average Bonchev–Trinajstić information content (AvgIpc) is 3.24. The largest absolute Gasteiger partial charge is 0.303 e. The topological polar surface area (TPSA) is 55.2 Å². The summed E-state index contributed by atoms with van der Waals surface area (Å²) in [5.41, 5.74) is 4.96. The number of aromatic nitrogens is 2. The highest BCUT2D eigenvalue weighted by Gasteiger charge is 2.35. The minimum absolute atomic E-state index is 0.242. The van der Waals surface area contributed by atoms with E-state index in [2.05, 4.69) is 9.55 Å². The number of imide groups is 1. The number of hydrogen-bond donors (Lipinski definition) is 0. The number of aryl methyl sites for hydroxylation is 2. The molecular formula is C27H23N3O2S. The van der Waals surface area contributed by atoms with Gasteiger partial charge in [0.1, 0.15) is 5.82 Å². The number of hydrogen-bond acceptors (Lipinski definition) is 4. The lowest BCUT2D eigenvalue weighted by Gasteiger charge is -2.14. The molecule has 0 N–H and O–H groups in total. The molecule has 0 atom stereocenters. The molecule has 1 fully saturated rings. The summed E-state index contributed by atoms with van der Waals surface area (Å²) in [7, 11) is 0. The monoisotopic (exact) mass is 453 g/mol. The highest BCUT2D eigenvalue weighted by Crippen LogP contribution is 2.35. The number of fused-ring (bicyclic) bond motifs is 1. The van der Waals surface area contributed by atoms with Crippen LogP contribution in [-0.4, -0.2) is 25.6 Å². The summed E-state index contributed by atoms with van der Waals surface area (Å²) in [6.45, 7) is 6.28. The Balaban J connectivity index is 1.45. The van der Waals surface area contributed by atoms with Crippen LogP contribution in [0.15, 0.2) is 71.8 Å². The quantitative estimate of drug-likeness (QED) is 0.346. The second kappa shape index (κ2) is 8.37. The van der Waals surface area contributed by atoms with Crippen LogP contribution >= 0.6 is 11.8 Å². The van der Waals surface area contributed by atoms with Gasteiger partial charge in [0.15, 0.2) is 0 Å². The Bertz CT molecular complexity index is 1430. The van der Waals surface area contributed by atoms with Crippen LogP contribution in [0.25, 0.3) is 22.7 Å². The molecule has 4 aromatic rings. The van der Waals surface area contributed by atoms with Gasteiger partial charge in [-0.1, -0.05) is 48.5 Å². The van der Waals surface area contributed by atoms with E-state index in [-0.39, 0.29) is 17.7 Å². The first-order valence-corrected chi connectivity index (χ1v) is 11.6. The third kappa shape index (κ3) is 3.87. The van der Waals surface area contributed by atoms with Crippen LogP contribution < -0.4 is 0 Å². The molecule has 0 aliphatic carbocycles. The Morgan fingerprint density at radius 3 is 2.55 bits per heavy atom. The lowest BCUT2D eigenvalue weighted by atomic mass is 10.0. The standard InChI is InChI=1S/C27H23N3O2S/c1-17-11-12-25(28-15-17)30-18(2)13-22(19(30)3)14-24-26(31)29(27(32)33-24)16-21-9-6-8-20-7-4-5-10-23(20)21/h4-15H,16H2,1-3H3/b24-14+. The normalized spacial score (nSPS) is 15.2. The fraction of sp³-hybridized carbons (Fsp3) is 0.148. The first kappa shape index (κ1) is 21.2. The maximum absolute atomic E-state index is 13.2. The number of carbonyl (C=O) groups excluding carboxylic acids is 2. The van der Waals surface area contributed by atoms with E-state index in [4.69, 9.17) is 0 Å². The molecule has 164 valence electrons. The van der Waals surface area contributed by atoms with Crippen molar-refractivity contribution in [1.29, 1.82) is 0 Å². The SMILES string of the molecule is Cc1ccc(-n2c(C)cc(/C=C3/SC(=O)N(Cc4cccc5ccccc45)C3=O)c2C)nc1. The maximum Gasteiger partial charge on any atom is 0.293 e. The summed E-state index contributed by atoms with van der Waals surface area (Å²) in [5.74, 6) is 0.579. The van der Waals surface area contributed by atoms with E-state index in [0.29, 0.717) is 4.91 Å². The Morgan fingerprint density at radius 2 is 1.76 bits per heavy atom. The molecule has 5 rings (SSSR count). The van der Waals surface area contributed by atoms with Gasteiger partial charge in [-0.05, 0) is 78.2 Å². The Kier molecular flexibility index (Phi) is 5.38. The van der Waals surface area contributed by atoms with Crippen molar-refractivity contribution >= 4 is 39.8 Å². The van der Waals surface area contributed by atoms with E-state index < -0.39 is 0 Å². The summed E-state index contributed by atoms with van der Waals surface area (Å²) in [6.07, 6.45) is 3.66. The minimum Gasteiger partial charge on any atom is -0.303 e. The molecule has 1 aliphatic rings. The molecule has 0 bridgehead atoms. The van der Waals surface area contributed by atoms with Crippen molar-refractivity contribution in [3.05, 3.63) is 99.8 Å². The zero-order chi connectivity index (χ0) is 23.1. The summed E-state index contributed by atoms with van der Waals surface area (Å²) in [6, 6.07) is 20.0. The fourth-order valence-electron chi connectivity index (χ4n) is 4.26. The van der Waals surface area contributed by atoms with Crippen LogP contribution in [0.2, 0.25) is 0 Å². The molecule has 0 saturated carbocycles. The van der Waals surface area contributed by atoms with Crippen molar-refractivity contribution in [3.63, 3.8) is 0 Å². The van der Waals surface area contributed by atoms with Gasteiger partial charge in [-0.3, -0.25) is 14.5 Å². The number of benzene rings is 2. The second-order valence-electron chi connectivity index (χ2n) is 8.26. The zero-order valence-electron chi connectivity index (χ0n) is 18.7. The van der Waals surface area contributed by atoms with E-state index in [1.165, 1.54) is 4.90 Å². The van der Waals surface area contributed by atoms with Gasteiger partial charge < -0.3 is 4.57 Å². The predicted octanol–water partition coefficient (Wildman–Crippen LogP) is 6.19. The van der Waals surface area contributed by atoms with Crippen molar-refractivity contribution in [3.8, 4) is 5.82 Å². The molecule has 1 aliphatic heterocycles. The van der Waals surface area contributed by atoms with Crippen molar-refractivity contribution in [2.45, 2.75) is 27.3 Å². The van der Waals surface area contributed by atoms with Gasteiger partial charge in [0.05, 0.1) is 11.4 Å². The van der Waals surface area contributed by atoms with E-state index in [0.717, 1.165) is 56.4 Å². The van der Waals surface area contributed by atoms with Crippen molar-refractivity contribution in [2.75, 3.05) is 0 Å². The second-order valence-corrected chi connectivity index (χ2v) is 9.25. The molecule has 0 radical (unpaired) electrons. The number of amides is 2. The van der Waals surface area contributed by atoms with Gasteiger partial charge >= 0.3 is 0 Å². The van der Waals surface area contributed by atoms with E-state index in [1.54, 1.807) is 0 Å². The van der Waals surface area contributed by atoms with E-state index in [1.807, 2.05) is 93.7 Å². The first-order chi connectivity index (χ1) is 15.9. The molecule has 1 saturated heterocycles. The maximum atomic E-state index is 13.2. The number of pyridine rings is 1.